The third kappa shape index (κ3) is 4.31. The fourth-order valence-corrected chi connectivity index (χ4v) is 1.18. The minimum absolute atomic E-state index is 0.271. The Morgan fingerprint density at radius 3 is 2.85 bits per heavy atom. The fourth-order valence-electron chi connectivity index (χ4n) is 1.18. The van der Waals surface area contributed by atoms with Crippen LogP contribution >= 0.6 is 0 Å². The van der Waals surface area contributed by atoms with Crippen LogP contribution in [0.15, 0.2) is 24.3 Å². The average Bonchev–Trinajstić information content (AvgIpc) is 2.14. The van der Waals surface area contributed by atoms with Gasteiger partial charge in [0.25, 0.3) is 0 Å². The van der Waals surface area contributed by atoms with Gasteiger partial charge < -0.3 is 5.11 Å². The van der Waals surface area contributed by atoms with Crippen LogP contribution in [0.1, 0.15) is 24.8 Å². The maximum absolute atomic E-state index is 10.2. The number of aliphatic carboxylic acids is 1. The number of hydrogen-bond donors (Lipinski definition) is 1. The molecule has 0 amide bonds. The molecule has 1 N–H and O–H groups in total. The van der Waals surface area contributed by atoms with E-state index < -0.39 is 5.97 Å². The lowest BCUT2D eigenvalue weighted by molar-refractivity contribution is -0.137. The lowest BCUT2D eigenvalue weighted by Gasteiger charge is -1.98. The Labute approximate surface area is 78.2 Å². The van der Waals surface area contributed by atoms with Crippen LogP contribution in [0, 0.1) is 6.07 Å². The molecule has 13 heavy (non-hydrogen) atoms. The first-order valence-electron chi connectivity index (χ1n) is 4.46. The molecule has 0 aliphatic rings. The molecule has 1 rings (SSSR count). The van der Waals surface area contributed by atoms with Gasteiger partial charge in [-0.15, -0.1) is 0 Å². The topological polar surface area (TPSA) is 37.3 Å². The van der Waals surface area contributed by atoms with E-state index in [0.717, 1.165) is 24.8 Å². The highest BCUT2D eigenvalue weighted by molar-refractivity contribution is 5.66. The standard InChI is InChI=1S/C11H13O2/c12-11(13)9-5-4-8-10-6-2-1-3-7-10/h1-3,6H,4-5,8-9H2,(H,12,13). The maximum Gasteiger partial charge on any atom is 0.303 e. The lowest BCUT2D eigenvalue weighted by atomic mass is 10.1. The third-order valence-corrected chi connectivity index (χ3v) is 1.86. The van der Waals surface area contributed by atoms with Gasteiger partial charge in [-0.1, -0.05) is 24.3 Å². The van der Waals surface area contributed by atoms with Crippen molar-refractivity contribution in [3.05, 3.63) is 35.9 Å². The molecule has 0 spiro atoms. The largest absolute Gasteiger partial charge is 0.481 e. The summed E-state index contributed by atoms with van der Waals surface area (Å²) in [5.41, 5.74) is 1.16. The summed E-state index contributed by atoms with van der Waals surface area (Å²) in [5.74, 6) is -0.711. The van der Waals surface area contributed by atoms with Crippen molar-refractivity contribution in [3.63, 3.8) is 0 Å². The van der Waals surface area contributed by atoms with Crippen LogP contribution in [0.4, 0.5) is 0 Å². The molecule has 0 saturated heterocycles. The summed E-state index contributed by atoms with van der Waals surface area (Å²) in [4.78, 5) is 10.2. The van der Waals surface area contributed by atoms with E-state index in [1.165, 1.54) is 0 Å². The average molecular weight is 177 g/mol. The van der Waals surface area contributed by atoms with Crippen molar-refractivity contribution in [1.82, 2.24) is 0 Å². The Bertz CT molecular complexity index is 254. The number of aryl methyl sites for hydroxylation is 1. The monoisotopic (exact) mass is 177 g/mol. The van der Waals surface area contributed by atoms with Crippen molar-refractivity contribution in [2.45, 2.75) is 25.7 Å². The van der Waals surface area contributed by atoms with Gasteiger partial charge in [-0.2, -0.15) is 0 Å². The predicted octanol–water partition coefficient (Wildman–Crippen LogP) is 2.28. The summed E-state index contributed by atoms with van der Waals surface area (Å²) >= 11 is 0. The number of carboxylic acids is 1. The van der Waals surface area contributed by atoms with Crippen molar-refractivity contribution in [2.75, 3.05) is 0 Å². The van der Waals surface area contributed by atoms with Crippen LogP contribution in [0.2, 0.25) is 0 Å². The minimum Gasteiger partial charge on any atom is -0.481 e. The molecule has 0 aromatic heterocycles. The van der Waals surface area contributed by atoms with E-state index in [0.29, 0.717) is 0 Å². The molecule has 0 unspecified atom stereocenters. The van der Waals surface area contributed by atoms with Crippen molar-refractivity contribution < 1.29 is 9.90 Å². The molecule has 1 aromatic carbocycles. The van der Waals surface area contributed by atoms with E-state index in [1.54, 1.807) is 0 Å². The third-order valence-electron chi connectivity index (χ3n) is 1.86. The number of benzene rings is 1. The molecule has 1 aromatic rings. The Balaban J connectivity index is 2.17. The zero-order valence-corrected chi connectivity index (χ0v) is 7.49. The van der Waals surface area contributed by atoms with Crippen molar-refractivity contribution in [1.29, 1.82) is 0 Å². The maximum atomic E-state index is 10.2. The number of hydrogen-bond acceptors (Lipinski definition) is 1. The first kappa shape index (κ1) is 9.78. The smallest absolute Gasteiger partial charge is 0.303 e. The van der Waals surface area contributed by atoms with Crippen LogP contribution in [0.5, 0.6) is 0 Å². The molecule has 0 bridgehead atoms. The number of carbonyl (C=O) groups is 1. The van der Waals surface area contributed by atoms with Crippen LogP contribution in [-0.2, 0) is 11.2 Å². The molecule has 1 radical (unpaired) electrons. The van der Waals surface area contributed by atoms with Crippen molar-refractivity contribution in [2.24, 2.45) is 0 Å². The Kier molecular flexibility index (Phi) is 4.03. The highest BCUT2D eigenvalue weighted by Crippen LogP contribution is 2.05. The lowest BCUT2D eigenvalue weighted by Crippen LogP contribution is -1.94. The zero-order chi connectivity index (χ0) is 9.52. The van der Waals surface area contributed by atoms with Gasteiger partial charge in [0, 0.05) is 6.42 Å². The van der Waals surface area contributed by atoms with Gasteiger partial charge in [-0.3, -0.25) is 4.79 Å². The normalized spacial score (nSPS) is 9.85. The predicted molar refractivity (Wildman–Crippen MR) is 50.5 cm³/mol. The van der Waals surface area contributed by atoms with Gasteiger partial charge in [0.1, 0.15) is 0 Å². The quantitative estimate of drug-likeness (QED) is 0.700. The van der Waals surface area contributed by atoms with E-state index >= 15 is 0 Å². The molecule has 0 heterocycles. The van der Waals surface area contributed by atoms with Crippen LogP contribution in [-0.4, -0.2) is 11.1 Å². The van der Waals surface area contributed by atoms with Gasteiger partial charge in [0.05, 0.1) is 0 Å². The summed E-state index contributed by atoms with van der Waals surface area (Å²) < 4.78 is 0. The molecular formula is C11H13O2. The fraction of sp³-hybridized carbons (Fsp3) is 0.364. The molecule has 2 heteroatoms. The van der Waals surface area contributed by atoms with Crippen molar-refractivity contribution in [3.8, 4) is 0 Å². The highest BCUT2D eigenvalue weighted by atomic mass is 16.4. The molecule has 2 nitrogen and oxygen atoms in total. The van der Waals surface area contributed by atoms with E-state index in [9.17, 15) is 4.79 Å². The molecule has 0 atom stereocenters. The second-order valence-corrected chi connectivity index (χ2v) is 2.99. The number of unbranched alkanes of at least 4 members (excludes halogenated alkanes) is 1. The summed E-state index contributed by atoms with van der Waals surface area (Å²) in [7, 11) is 0. The number of carboxylic acid groups (broad SMARTS) is 1. The first-order valence-corrected chi connectivity index (χ1v) is 4.46. The van der Waals surface area contributed by atoms with E-state index in [1.807, 2.05) is 24.3 Å². The molecular weight excluding hydrogens is 164 g/mol. The van der Waals surface area contributed by atoms with Gasteiger partial charge in [0.15, 0.2) is 0 Å². The molecule has 0 aliphatic heterocycles. The van der Waals surface area contributed by atoms with Crippen LogP contribution in [0.3, 0.4) is 0 Å². The summed E-state index contributed by atoms with van der Waals surface area (Å²) in [6.07, 6.45) is 2.87. The van der Waals surface area contributed by atoms with Gasteiger partial charge in [-0.25, -0.2) is 0 Å². The Morgan fingerprint density at radius 1 is 1.38 bits per heavy atom. The summed E-state index contributed by atoms with van der Waals surface area (Å²) in [5, 5.41) is 8.40. The summed E-state index contributed by atoms with van der Waals surface area (Å²) in [6, 6.07) is 10.9. The first-order chi connectivity index (χ1) is 6.29. The van der Waals surface area contributed by atoms with Gasteiger partial charge in [-0.05, 0) is 30.9 Å². The van der Waals surface area contributed by atoms with Crippen LogP contribution < -0.4 is 0 Å². The summed E-state index contributed by atoms with van der Waals surface area (Å²) in [6.45, 7) is 0. The van der Waals surface area contributed by atoms with Crippen LogP contribution in [0.25, 0.3) is 0 Å². The molecule has 0 aliphatic carbocycles. The SMILES string of the molecule is O=C(O)CCCCc1[c]cccc1. The molecule has 0 fully saturated rings. The second kappa shape index (κ2) is 5.36. The van der Waals surface area contributed by atoms with Gasteiger partial charge >= 0.3 is 5.97 Å². The van der Waals surface area contributed by atoms with E-state index in [2.05, 4.69) is 6.07 Å². The zero-order valence-electron chi connectivity index (χ0n) is 7.49. The minimum atomic E-state index is -0.711. The Morgan fingerprint density at radius 2 is 2.23 bits per heavy atom. The second-order valence-electron chi connectivity index (χ2n) is 2.99. The molecule has 69 valence electrons. The van der Waals surface area contributed by atoms with Gasteiger partial charge in [0.2, 0.25) is 0 Å². The van der Waals surface area contributed by atoms with E-state index in [-0.39, 0.29) is 6.42 Å². The van der Waals surface area contributed by atoms with Crippen molar-refractivity contribution >= 4 is 5.97 Å². The van der Waals surface area contributed by atoms with E-state index in [4.69, 9.17) is 5.11 Å². The number of rotatable bonds is 5. The molecule has 0 saturated carbocycles. The highest BCUT2D eigenvalue weighted by Gasteiger charge is 1.96. The Hall–Kier alpha value is -1.31.